The highest BCUT2D eigenvalue weighted by atomic mass is 35.5. The molecular formula is C17H11Cl2N5O3. The minimum Gasteiger partial charge on any atom is -0.480 e. The summed E-state index contributed by atoms with van der Waals surface area (Å²) >= 11 is 12.0. The van der Waals surface area contributed by atoms with Gasteiger partial charge in [-0.1, -0.05) is 28.4 Å². The summed E-state index contributed by atoms with van der Waals surface area (Å²) in [5, 5.41) is 17.9. The molecule has 5 rings (SSSR count). The van der Waals surface area contributed by atoms with E-state index in [9.17, 15) is 14.7 Å². The first-order valence-electron chi connectivity index (χ1n) is 8.18. The fraction of sp³-hybridized carbons (Fsp3) is 0.235. The zero-order valence-corrected chi connectivity index (χ0v) is 15.1. The van der Waals surface area contributed by atoms with E-state index >= 15 is 0 Å². The second-order valence-electron chi connectivity index (χ2n) is 6.64. The predicted molar refractivity (Wildman–Crippen MR) is 96.4 cm³/mol. The number of hydrogen-bond acceptors (Lipinski definition) is 5. The number of nitrogens with zero attached hydrogens (tertiary/aromatic N) is 5. The van der Waals surface area contributed by atoms with Crippen molar-refractivity contribution < 1.29 is 9.90 Å². The second-order valence-corrected chi connectivity index (χ2v) is 7.47. The summed E-state index contributed by atoms with van der Waals surface area (Å²) in [7, 11) is 0. The van der Waals surface area contributed by atoms with Crippen molar-refractivity contribution in [3.8, 4) is 16.9 Å². The van der Waals surface area contributed by atoms with Crippen LogP contribution in [0.25, 0.3) is 16.9 Å². The van der Waals surface area contributed by atoms with Crippen molar-refractivity contribution >= 4 is 29.2 Å². The predicted octanol–water partition coefficient (Wildman–Crippen LogP) is 2.54. The third-order valence-electron chi connectivity index (χ3n) is 5.03. The van der Waals surface area contributed by atoms with Gasteiger partial charge in [-0.15, -0.1) is 5.10 Å². The topological polar surface area (TPSA) is 103 Å². The van der Waals surface area contributed by atoms with E-state index in [1.165, 1.54) is 21.5 Å². The highest BCUT2D eigenvalue weighted by molar-refractivity contribution is 6.31. The van der Waals surface area contributed by atoms with Crippen molar-refractivity contribution in [2.75, 3.05) is 0 Å². The molecule has 8 nitrogen and oxygen atoms in total. The first-order valence-corrected chi connectivity index (χ1v) is 8.94. The molecule has 3 aromatic rings. The lowest BCUT2D eigenvalue weighted by Crippen LogP contribution is -2.30. The largest absolute Gasteiger partial charge is 0.480 e. The molecule has 0 unspecified atom stereocenters. The standard InChI is InChI=1S/C17H11Cl2N5O3/c18-7-1-2-12(23-6-13(19)21-22-23)10(3-7)11-5-14(25)24-15(17(26)27)8-4-9(8)16(24)20-11/h1-3,5-6,8-9,15H,4H2,(H,26,27)/t8-,9+,15-/m0/s1. The van der Waals surface area contributed by atoms with E-state index in [2.05, 4.69) is 15.3 Å². The van der Waals surface area contributed by atoms with Gasteiger partial charge in [0.25, 0.3) is 5.56 Å². The van der Waals surface area contributed by atoms with Crippen LogP contribution in [0.1, 0.15) is 24.2 Å². The van der Waals surface area contributed by atoms with Crippen LogP contribution in [0.4, 0.5) is 0 Å². The van der Waals surface area contributed by atoms with Crippen molar-refractivity contribution in [1.29, 1.82) is 0 Å². The molecule has 0 bridgehead atoms. The molecular weight excluding hydrogens is 393 g/mol. The van der Waals surface area contributed by atoms with Crippen molar-refractivity contribution in [2.45, 2.75) is 18.4 Å². The Hall–Kier alpha value is -2.71. The van der Waals surface area contributed by atoms with Crippen LogP contribution in [0, 0.1) is 5.92 Å². The lowest BCUT2D eigenvalue weighted by atomic mass is 10.1. The number of fused-ring (bicyclic) bond motifs is 3. The molecule has 10 heteroatoms. The fourth-order valence-electron chi connectivity index (χ4n) is 3.81. The van der Waals surface area contributed by atoms with Gasteiger partial charge < -0.3 is 5.11 Å². The lowest BCUT2D eigenvalue weighted by molar-refractivity contribution is -0.141. The van der Waals surface area contributed by atoms with Gasteiger partial charge in [-0.05, 0) is 24.6 Å². The van der Waals surface area contributed by atoms with Crippen LogP contribution >= 0.6 is 23.2 Å². The second kappa shape index (κ2) is 5.64. The van der Waals surface area contributed by atoms with Crippen LogP contribution < -0.4 is 5.56 Å². The molecule has 1 aliphatic heterocycles. The van der Waals surface area contributed by atoms with E-state index in [1.54, 1.807) is 18.2 Å². The number of rotatable bonds is 3. The molecule has 1 saturated carbocycles. The van der Waals surface area contributed by atoms with Crippen LogP contribution in [0.15, 0.2) is 35.3 Å². The molecule has 2 aliphatic rings. The highest BCUT2D eigenvalue weighted by Crippen LogP contribution is 2.58. The molecule has 3 heterocycles. The summed E-state index contributed by atoms with van der Waals surface area (Å²) in [4.78, 5) is 28.9. The zero-order chi connectivity index (χ0) is 18.9. The van der Waals surface area contributed by atoms with Gasteiger partial charge in [0.15, 0.2) is 5.15 Å². The summed E-state index contributed by atoms with van der Waals surface area (Å²) in [5.74, 6) is -0.552. The van der Waals surface area contributed by atoms with Gasteiger partial charge in [-0.2, -0.15) is 0 Å². The van der Waals surface area contributed by atoms with Gasteiger partial charge in [-0.25, -0.2) is 14.5 Å². The van der Waals surface area contributed by atoms with Gasteiger partial charge in [-0.3, -0.25) is 9.36 Å². The summed E-state index contributed by atoms with van der Waals surface area (Å²) in [5.41, 5.74) is 1.21. The number of aromatic nitrogens is 5. The molecule has 27 heavy (non-hydrogen) atoms. The molecule has 3 atom stereocenters. The van der Waals surface area contributed by atoms with Gasteiger partial charge in [0.2, 0.25) is 0 Å². The van der Waals surface area contributed by atoms with E-state index in [1.807, 2.05) is 0 Å². The Bertz CT molecular complexity index is 1170. The number of carboxylic acids is 1. The molecule has 1 N–H and O–H groups in total. The number of carbonyl (C=O) groups is 1. The first kappa shape index (κ1) is 16.5. The average Bonchev–Trinajstić information content (AvgIpc) is 3.16. The normalized spacial score (nSPS) is 22.4. The fourth-order valence-corrected chi connectivity index (χ4v) is 4.11. The number of benzene rings is 1. The molecule has 1 aliphatic carbocycles. The van der Waals surface area contributed by atoms with Crippen molar-refractivity contribution in [2.24, 2.45) is 5.92 Å². The highest BCUT2D eigenvalue weighted by Gasteiger charge is 2.56. The van der Waals surface area contributed by atoms with Crippen molar-refractivity contribution in [3.63, 3.8) is 0 Å². The Morgan fingerprint density at radius 1 is 1.26 bits per heavy atom. The van der Waals surface area contributed by atoms with E-state index in [0.717, 1.165) is 6.42 Å². The number of hydrogen-bond donors (Lipinski definition) is 1. The summed E-state index contributed by atoms with van der Waals surface area (Å²) in [6.07, 6.45) is 2.26. The molecule has 136 valence electrons. The molecule has 1 fully saturated rings. The smallest absolute Gasteiger partial charge is 0.327 e. The van der Waals surface area contributed by atoms with Gasteiger partial charge >= 0.3 is 5.97 Å². The summed E-state index contributed by atoms with van der Waals surface area (Å²) < 4.78 is 2.77. The Balaban J connectivity index is 1.71. The third kappa shape index (κ3) is 2.48. The van der Waals surface area contributed by atoms with E-state index in [0.29, 0.717) is 27.8 Å². The Labute approximate surface area is 162 Å². The van der Waals surface area contributed by atoms with Crippen LogP contribution in [0.5, 0.6) is 0 Å². The molecule has 0 saturated heterocycles. The maximum Gasteiger partial charge on any atom is 0.327 e. The number of carboxylic acid groups (broad SMARTS) is 1. The lowest BCUT2D eigenvalue weighted by Gasteiger charge is -2.15. The number of halogens is 2. The molecule has 2 aromatic heterocycles. The summed E-state index contributed by atoms with van der Waals surface area (Å²) in [6, 6.07) is 5.59. The Kier molecular flexibility index (Phi) is 3.44. The van der Waals surface area contributed by atoms with Gasteiger partial charge in [0.05, 0.1) is 17.6 Å². The zero-order valence-electron chi connectivity index (χ0n) is 13.6. The Morgan fingerprint density at radius 3 is 2.78 bits per heavy atom. The summed E-state index contributed by atoms with van der Waals surface area (Å²) in [6.45, 7) is 0. The minimum absolute atomic E-state index is 0.00204. The van der Waals surface area contributed by atoms with Crippen LogP contribution in [-0.2, 0) is 4.79 Å². The van der Waals surface area contributed by atoms with E-state index < -0.39 is 17.6 Å². The van der Waals surface area contributed by atoms with Crippen molar-refractivity contribution in [1.82, 2.24) is 24.5 Å². The molecule has 0 spiro atoms. The molecule has 0 radical (unpaired) electrons. The van der Waals surface area contributed by atoms with Gasteiger partial charge in [0.1, 0.15) is 11.9 Å². The maximum atomic E-state index is 12.7. The van der Waals surface area contributed by atoms with Crippen LogP contribution in [0.2, 0.25) is 10.2 Å². The third-order valence-corrected chi connectivity index (χ3v) is 5.44. The monoisotopic (exact) mass is 403 g/mol. The first-order chi connectivity index (χ1) is 12.9. The SMILES string of the molecule is O=C(O)[C@@H]1[C@H]2C[C@H]2c2nc(-c3cc(Cl)ccc3-n3cc(Cl)nn3)cc(=O)n21. The minimum atomic E-state index is -1.00. The Morgan fingerprint density at radius 2 is 2.07 bits per heavy atom. The maximum absolute atomic E-state index is 12.7. The quantitative estimate of drug-likeness (QED) is 0.720. The van der Waals surface area contributed by atoms with Crippen molar-refractivity contribution in [3.05, 3.63) is 56.8 Å². The number of aliphatic carboxylic acids is 1. The van der Waals surface area contributed by atoms with Crippen LogP contribution in [-0.4, -0.2) is 35.6 Å². The van der Waals surface area contributed by atoms with E-state index in [4.69, 9.17) is 23.2 Å². The molecule has 0 amide bonds. The van der Waals surface area contributed by atoms with Gasteiger partial charge in [0, 0.05) is 28.5 Å². The molecule has 1 aromatic carbocycles. The van der Waals surface area contributed by atoms with Crippen LogP contribution in [0.3, 0.4) is 0 Å². The van der Waals surface area contributed by atoms with E-state index in [-0.39, 0.29) is 17.0 Å². The average molecular weight is 404 g/mol.